The second-order valence-corrected chi connectivity index (χ2v) is 5.68. The van der Waals surface area contributed by atoms with E-state index in [9.17, 15) is 4.79 Å². The van der Waals surface area contributed by atoms with Gasteiger partial charge in [-0.05, 0) is 31.1 Å². The van der Waals surface area contributed by atoms with Crippen molar-refractivity contribution in [1.82, 2.24) is 5.32 Å². The zero-order valence-electron chi connectivity index (χ0n) is 11.2. The maximum absolute atomic E-state index is 11.8. The third-order valence-electron chi connectivity index (χ3n) is 3.60. The molecule has 0 aliphatic heterocycles. The van der Waals surface area contributed by atoms with E-state index in [0.29, 0.717) is 24.7 Å². The molecule has 3 heteroatoms. The summed E-state index contributed by atoms with van der Waals surface area (Å²) in [5.41, 5.74) is 0. The lowest BCUT2D eigenvalue weighted by molar-refractivity contribution is -0.123. The van der Waals surface area contributed by atoms with Gasteiger partial charge in [0.1, 0.15) is 0 Å². The van der Waals surface area contributed by atoms with E-state index >= 15 is 0 Å². The molecule has 0 aromatic heterocycles. The van der Waals surface area contributed by atoms with Crippen LogP contribution in [0.25, 0.3) is 0 Å². The first-order valence-corrected chi connectivity index (χ1v) is 7.03. The highest BCUT2D eigenvalue weighted by molar-refractivity contribution is 5.76. The summed E-state index contributed by atoms with van der Waals surface area (Å²) in [4.78, 5) is 11.8. The molecule has 0 aromatic carbocycles. The lowest BCUT2D eigenvalue weighted by Crippen LogP contribution is -2.42. The molecule has 0 heterocycles. The van der Waals surface area contributed by atoms with Gasteiger partial charge in [-0.2, -0.15) is 0 Å². The van der Waals surface area contributed by atoms with Crippen molar-refractivity contribution in [3.05, 3.63) is 0 Å². The van der Waals surface area contributed by atoms with Crippen molar-refractivity contribution >= 4 is 5.91 Å². The van der Waals surface area contributed by atoms with Crippen LogP contribution in [-0.2, 0) is 4.79 Å². The van der Waals surface area contributed by atoms with Gasteiger partial charge in [-0.15, -0.1) is 0 Å². The smallest absolute Gasteiger partial charge is 0.220 e. The molecule has 1 rings (SSSR count). The van der Waals surface area contributed by atoms with Gasteiger partial charge in [-0.25, -0.2) is 0 Å². The number of carbonyl (C=O) groups excluding carboxylic acids is 1. The number of aliphatic hydroxyl groups excluding tert-OH is 1. The molecule has 1 fully saturated rings. The third kappa shape index (κ3) is 5.53. The van der Waals surface area contributed by atoms with Crippen LogP contribution in [0.2, 0.25) is 0 Å². The minimum atomic E-state index is 0.143. The molecule has 0 saturated heterocycles. The Kier molecular flexibility index (Phi) is 6.56. The second-order valence-electron chi connectivity index (χ2n) is 5.68. The van der Waals surface area contributed by atoms with Gasteiger partial charge in [0.2, 0.25) is 5.91 Å². The van der Waals surface area contributed by atoms with Crippen LogP contribution in [0, 0.1) is 11.8 Å². The summed E-state index contributed by atoms with van der Waals surface area (Å²) in [6.45, 7) is 4.28. The number of hydrogen-bond acceptors (Lipinski definition) is 2. The summed E-state index contributed by atoms with van der Waals surface area (Å²) in [6, 6.07) is 0.187. The van der Waals surface area contributed by atoms with E-state index in [1.807, 2.05) is 0 Å². The van der Waals surface area contributed by atoms with Crippen molar-refractivity contribution in [2.24, 2.45) is 11.8 Å². The predicted molar refractivity (Wildman–Crippen MR) is 69.7 cm³/mol. The van der Waals surface area contributed by atoms with E-state index in [2.05, 4.69) is 19.2 Å². The van der Waals surface area contributed by atoms with E-state index < -0.39 is 0 Å². The summed E-state index contributed by atoms with van der Waals surface area (Å²) in [6.07, 6.45) is 7.56. The Hall–Kier alpha value is -0.570. The molecule has 17 heavy (non-hydrogen) atoms. The van der Waals surface area contributed by atoms with Crippen LogP contribution >= 0.6 is 0 Å². The SMILES string of the molecule is CC(C)CC(=O)NC(CCO)C1CCCCC1. The van der Waals surface area contributed by atoms with Crippen LogP contribution in [0.5, 0.6) is 0 Å². The minimum absolute atomic E-state index is 0.143. The van der Waals surface area contributed by atoms with Gasteiger partial charge in [0.25, 0.3) is 0 Å². The van der Waals surface area contributed by atoms with Crippen LogP contribution < -0.4 is 5.32 Å². The highest BCUT2D eigenvalue weighted by atomic mass is 16.3. The Bertz CT molecular complexity index is 222. The lowest BCUT2D eigenvalue weighted by atomic mass is 9.82. The molecule has 1 unspecified atom stereocenters. The third-order valence-corrected chi connectivity index (χ3v) is 3.60. The first-order valence-electron chi connectivity index (χ1n) is 7.03. The molecule has 1 saturated carbocycles. The molecule has 1 amide bonds. The molecular formula is C14H27NO2. The van der Waals surface area contributed by atoms with Gasteiger partial charge in [0.15, 0.2) is 0 Å². The minimum Gasteiger partial charge on any atom is -0.396 e. The maximum atomic E-state index is 11.8. The van der Waals surface area contributed by atoms with Crippen LogP contribution in [0.1, 0.15) is 58.8 Å². The molecule has 1 atom stereocenters. The van der Waals surface area contributed by atoms with E-state index in [1.54, 1.807) is 0 Å². The Morgan fingerprint density at radius 3 is 2.47 bits per heavy atom. The van der Waals surface area contributed by atoms with Crippen LogP contribution in [0.4, 0.5) is 0 Å². The van der Waals surface area contributed by atoms with Gasteiger partial charge < -0.3 is 10.4 Å². The van der Waals surface area contributed by atoms with Crippen molar-refractivity contribution in [3.63, 3.8) is 0 Å². The standard InChI is InChI=1S/C14H27NO2/c1-11(2)10-14(17)15-13(8-9-16)12-6-4-3-5-7-12/h11-13,16H,3-10H2,1-2H3,(H,15,17). The first kappa shape index (κ1) is 14.5. The number of rotatable bonds is 6. The molecule has 2 N–H and O–H groups in total. The normalized spacial score (nSPS) is 19.3. The van der Waals surface area contributed by atoms with E-state index in [1.165, 1.54) is 32.1 Å². The van der Waals surface area contributed by atoms with Crippen molar-refractivity contribution in [1.29, 1.82) is 0 Å². The van der Waals surface area contributed by atoms with Crippen LogP contribution in [0.3, 0.4) is 0 Å². The fourth-order valence-corrected chi connectivity index (χ4v) is 2.74. The Labute approximate surface area is 105 Å². The fourth-order valence-electron chi connectivity index (χ4n) is 2.74. The number of amides is 1. The molecule has 0 bridgehead atoms. The predicted octanol–water partition coefficient (Wildman–Crippen LogP) is 2.48. The quantitative estimate of drug-likeness (QED) is 0.750. The fraction of sp³-hybridized carbons (Fsp3) is 0.929. The largest absolute Gasteiger partial charge is 0.396 e. The van der Waals surface area contributed by atoms with Gasteiger partial charge in [0, 0.05) is 19.1 Å². The number of hydrogen-bond donors (Lipinski definition) is 2. The molecular weight excluding hydrogens is 214 g/mol. The highest BCUT2D eigenvalue weighted by Gasteiger charge is 2.24. The van der Waals surface area contributed by atoms with Crippen molar-refractivity contribution in [2.75, 3.05) is 6.61 Å². The summed E-state index contributed by atoms with van der Waals surface area (Å²) < 4.78 is 0. The molecule has 100 valence electrons. The molecule has 0 aromatic rings. The summed E-state index contributed by atoms with van der Waals surface area (Å²) >= 11 is 0. The van der Waals surface area contributed by atoms with Gasteiger partial charge in [-0.1, -0.05) is 33.1 Å². The zero-order chi connectivity index (χ0) is 12.7. The lowest BCUT2D eigenvalue weighted by Gasteiger charge is -2.30. The molecule has 1 aliphatic carbocycles. The molecule has 3 nitrogen and oxygen atoms in total. The molecule has 0 spiro atoms. The van der Waals surface area contributed by atoms with Gasteiger partial charge in [0.05, 0.1) is 0 Å². The van der Waals surface area contributed by atoms with E-state index in [4.69, 9.17) is 5.11 Å². The second kappa shape index (κ2) is 7.70. The Morgan fingerprint density at radius 2 is 1.94 bits per heavy atom. The summed E-state index contributed by atoms with van der Waals surface area (Å²) in [5.74, 6) is 1.12. The topological polar surface area (TPSA) is 49.3 Å². The van der Waals surface area contributed by atoms with E-state index in [0.717, 1.165) is 0 Å². The van der Waals surface area contributed by atoms with E-state index in [-0.39, 0.29) is 18.6 Å². The molecule has 0 radical (unpaired) electrons. The average molecular weight is 241 g/mol. The molecule has 1 aliphatic rings. The Morgan fingerprint density at radius 1 is 1.29 bits per heavy atom. The Balaban J connectivity index is 2.43. The van der Waals surface area contributed by atoms with Gasteiger partial charge in [-0.3, -0.25) is 4.79 Å². The average Bonchev–Trinajstić information content (AvgIpc) is 2.28. The number of aliphatic hydroxyl groups is 1. The zero-order valence-corrected chi connectivity index (χ0v) is 11.2. The van der Waals surface area contributed by atoms with Crippen molar-refractivity contribution < 1.29 is 9.90 Å². The maximum Gasteiger partial charge on any atom is 0.220 e. The number of nitrogens with one attached hydrogen (secondary N) is 1. The van der Waals surface area contributed by atoms with Crippen LogP contribution in [-0.4, -0.2) is 23.7 Å². The first-order chi connectivity index (χ1) is 8.13. The van der Waals surface area contributed by atoms with Crippen molar-refractivity contribution in [2.45, 2.75) is 64.8 Å². The monoisotopic (exact) mass is 241 g/mol. The summed E-state index contributed by atoms with van der Waals surface area (Å²) in [5, 5.41) is 12.2. The van der Waals surface area contributed by atoms with Crippen LogP contribution in [0.15, 0.2) is 0 Å². The van der Waals surface area contributed by atoms with Crippen molar-refractivity contribution in [3.8, 4) is 0 Å². The number of carbonyl (C=O) groups is 1. The van der Waals surface area contributed by atoms with Gasteiger partial charge >= 0.3 is 0 Å². The summed E-state index contributed by atoms with van der Waals surface area (Å²) in [7, 11) is 0. The highest BCUT2D eigenvalue weighted by Crippen LogP contribution is 2.27.